The van der Waals surface area contributed by atoms with Crippen molar-refractivity contribution >= 4 is 6.34 Å². The summed E-state index contributed by atoms with van der Waals surface area (Å²) in [5.41, 5.74) is 1.06. The van der Waals surface area contributed by atoms with Gasteiger partial charge >= 0.3 is 0 Å². The molecule has 0 amide bonds. The molecule has 0 radical (unpaired) electrons. The lowest BCUT2D eigenvalue weighted by Crippen LogP contribution is -2.23. The molecule has 0 fully saturated rings. The zero-order valence-corrected chi connectivity index (χ0v) is 7.70. The molecule has 0 aliphatic rings. The van der Waals surface area contributed by atoms with Crippen LogP contribution in [0.15, 0.2) is 16.8 Å². The summed E-state index contributed by atoms with van der Waals surface area (Å²) in [6.07, 6.45) is 3.60. The second kappa shape index (κ2) is 4.91. The van der Waals surface area contributed by atoms with Crippen LogP contribution in [0.5, 0.6) is 0 Å². The lowest BCUT2D eigenvalue weighted by atomic mass is 10.1. The van der Waals surface area contributed by atoms with Crippen LogP contribution in [0.4, 0.5) is 0 Å². The third-order valence-electron chi connectivity index (χ3n) is 1.28. The maximum Gasteiger partial charge on any atom is 0.105 e. The summed E-state index contributed by atoms with van der Waals surface area (Å²) in [7, 11) is 1.75. The Hall–Kier alpha value is -0.830. The van der Waals surface area contributed by atoms with Crippen molar-refractivity contribution in [2.45, 2.75) is 20.8 Å². The Morgan fingerprint density at radius 3 is 2.36 bits per heavy atom. The summed E-state index contributed by atoms with van der Waals surface area (Å²) in [5, 5.41) is 1.44. The maximum atomic E-state index is 5.35. The molecule has 0 rings (SSSR count). The van der Waals surface area contributed by atoms with Crippen molar-refractivity contribution in [2.24, 2.45) is 16.8 Å². The van der Waals surface area contributed by atoms with E-state index in [1.807, 2.05) is 13.0 Å². The monoisotopic (exact) mass is 155 g/mol. The van der Waals surface area contributed by atoms with Crippen LogP contribution in [0, 0.1) is 5.92 Å². The Balaban J connectivity index is 4.10. The summed E-state index contributed by atoms with van der Waals surface area (Å²) in [4.78, 5) is 4.18. The molecule has 0 heterocycles. The fourth-order valence-electron chi connectivity index (χ4n) is 0.715. The highest BCUT2D eigenvalue weighted by atomic mass is 15.4. The van der Waals surface area contributed by atoms with Gasteiger partial charge in [0, 0.05) is 12.7 Å². The van der Waals surface area contributed by atoms with Crippen LogP contribution in [0.2, 0.25) is 0 Å². The van der Waals surface area contributed by atoms with Gasteiger partial charge in [-0.2, -0.15) is 0 Å². The Morgan fingerprint density at radius 1 is 1.55 bits per heavy atom. The molecular weight excluding hydrogens is 138 g/mol. The zero-order chi connectivity index (χ0) is 8.85. The van der Waals surface area contributed by atoms with Crippen LogP contribution in [0.3, 0.4) is 0 Å². The molecule has 0 unspecified atom stereocenters. The number of nitrogens with zero attached hydrogens (tertiary/aromatic N) is 2. The van der Waals surface area contributed by atoms with Crippen molar-refractivity contribution in [2.75, 3.05) is 7.05 Å². The van der Waals surface area contributed by atoms with Crippen molar-refractivity contribution in [3.63, 3.8) is 0 Å². The van der Waals surface area contributed by atoms with Crippen LogP contribution in [-0.2, 0) is 0 Å². The minimum atomic E-state index is 0.455. The quantitative estimate of drug-likeness (QED) is 0.289. The second-order valence-electron chi connectivity index (χ2n) is 2.78. The molecule has 3 heteroatoms. The number of aliphatic imine (C=N–C) groups is 1. The number of hydrazine groups is 1. The third-order valence-corrected chi connectivity index (χ3v) is 1.28. The van der Waals surface area contributed by atoms with Gasteiger partial charge in [-0.3, -0.25) is 0 Å². The molecule has 11 heavy (non-hydrogen) atoms. The smallest absolute Gasteiger partial charge is 0.105 e. The van der Waals surface area contributed by atoms with Gasteiger partial charge in [-0.15, -0.1) is 0 Å². The normalized spacial score (nSPS) is 13.1. The van der Waals surface area contributed by atoms with Crippen molar-refractivity contribution in [3.05, 3.63) is 11.8 Å². The third kappa shape index (κ3) is 4.56. The molecule has 0 atom stereocenters. The summed E-state index contributed by atoms with van der Waals surface area (Å²) in [5.74, 6) is 5.81. The van der Waals surface area contributed by atoms with Gasteiger partial charge in [0.2, 0.25) is 0 Å². The number of nitrogens with two attached hydrogens (primary N) is 1. The van der Waals surface area contributed by atoms with E-state index in [2.05, 4.69) is 18.8 Å². The van der Waals surface area contributed by atoms with Gasteiger partial charge in [0.15, 0.2) is 0 Å². The minimum Gasteiger partial charge on any atom is -0.304 e. The lowest BCUT2D eigenvalue weighted by molar-refractivity contribution is 0.553. The number of allylic oxidation sites excluding steroid dienone is 2. The summed E-state index contributed by atoms with van der Waals surface area (Å²) < 4.78 is 0. The fourth-order valence-corrected chi connectivity index (χ4v) is 0.715. The van der Waals surface area contributed by atoms with Crippen LogP contribution in [0.25, 0.3) is 0 Å². The van der Waals surface area contributed by atoms with Crippen LogP contribution in [0.1, 0.15) is 20.8 Å². The largest absolute Gasteiger partial charge is 0.304 e. The summed E-state index contributed by atoms with van der Waals surface area (Å²) in [6.45, 7) is 6.18. The van der Waals surface area contributed by atoms with Crippen molar-refractivity contribution in [3.8, 4) is 0 Å². The summed E-state index contributed by atoms with van der Waals surface area (Å²) in [6, 6.07) is 0. The molecule has 0 aliphatic carbocycles. The maximum absolute atomic E-state index is 5.35. The fraction of sp³-hybridized carbons (Fsp3) is 0.625. The van der Waals surface area contributed by atoms with Gasteiger partial charge in [-0.1, -0.05) is 19.9 Å². The molecule has 0 spiro atoms. The van der Waals surface area contributed by atoms with Gasteiger partial charge in [-0.25, -0.2) is 10.8 Å². The van der Waals surface area contributed by atoms with E-state index < -0.39 is 0 Å². The number of rotatable bonds is 3. The molecular formula is C8H17N3. The van der Waals surface area contributed by atoms with E-state index in [9.17, 15) is 0 Å². The van der Waals surface area contributed by atoms with Gasteiger partial charge in [0.1, 0.15) is 6.34 Å². The van der Waals surface area contributed by atoms with Crippen molar-refractivity contribution in [1.82, 2.24) is 5.01 Å². The first-order chi connectivity index (χ1) is 5.07. The highest BCUT2D eigenvalue weighted by Crippen LogP contribution is 2.09. The number of hydrogen-bond donors (Lipinski definition) is 1. The topological polar surface area (TPSA) is 41.6 Å². The molecule has 0 aromatic rings. The highest BCUT2D eigenvalue weighted by molar-refractivity contribution is 5.55. The first-order valence-corrected chi connectivity index (χ1v) is 3.75. The van der Waals surface area contributed by atoms with E-state index in [1.165, 1.54) is 5.01 Å². The van der Waals surface area contributed by atoms with Crippen LogP contribution >= 0.6 is 0 Å². The van der Waals surface area contributed by atoms with Crippen molar-refractivity contribution < 1.29 is 0 Å². The molecule has 0 saturated carbocycles. The first kappa shape index (κ1) is 10.2. The summed E-state index contributed by atoms with van der Waals surface area (Å²) >= 11 is 0. The van der Waals surface area contributed by atoms with Gasteiger partial charge in [0.05, 0.1) is 0 Å². The molecule has 0 aromatic heterocycles. The Labute approximate surface area is 68.6 Å². The average Bonchev–Trinajstić information content (AvgIpc) is 1.87. The second-order valence-corrected chi connectivity index (χ2v) is 2.78. The van der Waals surface area contributed by atoms with Gasteiger partial charge in [-0.05, 0) is 12.8 Å². The predicted molar refractivity (Wildman–Crippen MR) is 49.0 cm³/mol. The van der Waals surface area contributed by atoms with E-state index in [-0.39, 0.29) is 0 Å². The molecule has 0 aliphatic heterocycles. The predicted octanol–water partition coefficient (Wildman–Crippen LogP) is 1.38. The molecule has 2 N–H and O–H groups in total. The zero-order valence-electron chi connectivity index (χ0n) is 7.70. The van der Waals surface area contributed by atoms with Gasteiger partial charge in [0.25, 0.3) is 0 Å². The van der Waals surface area contributed by atoms with E-state index in [4.69, 9.17) is 5.84 Å². The molecule has 0 saturated heterocycles. The minimum absolute atomic E-state index is 0.455. The highest BCUT2D eigenvalue weighted by Gasteiger charge is 1.97. The molecule has 3 nitrogen and oxygen atoms in total. The van der Waals surface area contributed by atoms with Crippen LogP contribution < -0.4 is 5.84 Å². The average molecular weight is 155 g/mol. The SMILES string of the molecule is C/C=C(\N=CN(C)N)C(C)C. The Bertz CT molecular complexity index is 157. The number of hydrogen-bond acceptors (Lipinski definition) is 2. The van der Waals surface area contributed by atoms with E-state index in [0.717, 1.165) is 5.70 Å². The molecule has 0 bridgehead atoms. The van der Waals surface area contributed by atoms with E-state index in [1.54, 1.807) is 13.4 Å². The van der Waals surface area contributed by atoms with Crippen molar-refractivity contribution in [1.29, 1.82) is 0 Å². The standard InChI is InChI=1S/C8H17N3/c1-5-8(7(2)3)10-6-11(4)9/h5-7H,9H2,1-4H3/b8-5-,10-6?. The van der Waals surface area contributed by atoms with Gasteiger partial charge < -0.3 is 5.01 Å². The first-order valence-electron chi connectivity index (χ1n) is 3.75. The van der Waals surface area contributed by atoms with Crippen LogP contribution in [-0.4, -0.2) is 18.4 Å². The molecule has 64 valence electrons. The van der Waals surface area contributed by atoms with E-state index >= 15 is 0 Å². The lowest BCUT2D eigenvalue weighted by Gasteiger charge is -2.06. The van der Waals surface area contributed by atoms with E-state index in [0.29, 0.717) is 5.92 Å². The Morgan fingerprint density at radius 2 is 2.09 bits per heavy atom. The Kier molecular flexibility index (Phi) is 4.54. The molecule has 0 aromatic carbocycles.